The van der Waals surface area contributed by atoms with E-state index in [1.54, 1.807) is 0 Å². The van der Waals surface area contributed by atoms with E-state index in [1.807, 2.05) is 0 Å². The van der Waals surface area contributed by atoms with E-state index in [1.165, 1.54) is 38.5 Å². The van der Waals surface area contributed by atoms with E-state index in [4.69, 9.17) is 0 Å². The van der Waals surface area contributed by atoms with E-state index < -0.39 is 0 Å². The first kappa shape index (κ1) is 13.1. The fourth-order valence-corrected chi connectivity index (χ4v) is 5.60. The molecule has 0 aromatic heterocycles. The molecule has 1 aliphatic heterocycles. The summed E-state index contributed by atoms with van der Waals surface area (Å²) in [5, 5.41) is 3.71. The van der Waals surface area contributed by atoms with Crippen molar-refractivity contribution >= 4 is 5.91 Å². The first-order valence-corrected chi connectivity index (χ1v) is 8.80. The minimum atomic E-state index is -0.168. The van der Waals surface area contributed by atoms with Crippen LogP contribution in [0.4, 0.5) is 0 Å². The Balaban J connectivity index is 1.50. The Morgan fingerprint density at radius 3 is 2.65 bits per heavy atom. The van der Waals surface area contributed by atoms with Gasteiger partial charge in [-0.2, -0.15) is 0 Å². The number of fused-ring (bicyclic) bond motifs is 2. The zero-order valence-corrected chi connectivity index (χ0v) is 12.7. The molecule has 0 aromatic rings. The van der Waals surface area contributed by atoms with Crippen molar-refractivity contribution < 1.29 is 4.79 Å². The van der Waals surface area contributed by atoms with Crippen LogP contribution in [-0.2, 0) is 4.79 Å². The van der Waals surface area contributed by atoms with Crippen molar-refractivity contribution in [3.8, 4) is 0 Å². The Morgan fingerprint density at radius 2 is 2.05 bits per heavy atom. The molecule has 3 heteroatoms. The van der Waals surface area contributed by atoms with Crippen LogP contribution in [-0.4, -0.2) is 29.1 Å². The van der Waals surface area contributed by atoms with E-state index in [2.05, 4.69) is 17.1 Å². The summed E-state index contributed by atoms with van der Waals surface area (Å²) in [5.74, 6) is 3.14. The molecule has 0 aromatic carbocycles. The average Bonchev–Trinajstić information content (AvgIpc) is 3.20. The molecule has 112 valence electrons. The standard InChI is InChI=1S/C17H28N2O/c1-2-15-18-17(7-3-4-8-17)16(20)19(15)11-14-10-12-5-6-13(14)9-12/h12-15,18H,2-11H2,1H3. The Kier molecular flexibility index (Phi) is 3.10. The molecular weight excluding hydrogens is 248 g/mol. The Bertz CT molecular complexity index is 402. The topological polar surface area (TPSA) is 32.3 Å². The van der Waals surface area contributed by atoms with Crippen LogP contribution >= 0.6 is 0 Å². The second kappa shape index (κ2) is 4.72. The molecule has 1 heterocycles. The Labute approximate surface area is 122 Å². The summed E-state index contributed by atoms with van der Waals surface area (Å²) in [6.07, 6.45) is 11.6. The number of carbonyl (C=O) groups is 1. The zero-order chi connectivity index (χ0) is 13.7. The summed E-state index contributed by atoms with van der Waals surface area (Å²) < 4.78 is 0. The van der Waals surface area contributed by atoms with Gasteiger partial charge in [0.1, 0.15) is 0 Å². The predicted molar refractivity (Wildman–Crippen MR) is 79.1 cm³/mol. The summed E-state index contributed by atoms with van der Waals surface area (Å²) in [5.41, 5.74) is -0.168. The first-order chi connectivity index (χ1) is 9.72. The highest BCUT2D eigenvalue weighted by molar-refractivity contribution is 5.89. The monoisotopic (exact) mass is 276 g/mol. The fraction of sp³-hybridized carbons (Fsp3) is 0.941. The number of hydrogen-bond donors (Lipinski definition) is 1. The van der Waals surface area contributed by atoms with Gasteiger partial charge in [-0.3, -0.25) is 10.1 Å². The summed E-state index contributed by atoms with van der Waals surface area (Å²) in [7, 11) is 0. The molecule has 1 N–H and O–H groups in total. The van der Waals surface area contributed by atoms with E-state index in [0.717, 1.165) is 43.6 Å². The Hall–Kier alpha value is -0.570. The van der Waals surface area contributed by atoms with Crippen LogP contribution in [0.25, 0.3) is 0 Å². The average molecular weight is 276 g/mol. The molecule has 4 atom stereocenters. The van der Waals surface area contributed by atoms with Gasteiger partial charge in [0.15, 0.2) is 0 Å². The quantitative estimate of drug-likeness (QED) is 0.859. The molecule has 4 aliphatic rings. The van der Waals surface area contributed by atoms with Gasteiger partial charge in [0.2, 0.25) is 5.91 Å². The van der Waals surface area contributed by atoms with Crippen molar-refractivity contribution in [3.05, 3.63) is 0 Å². The molecule has 1 saturated heterocycles. The minimum absolute atomic E-state index is 0.168. The van der Waals surface area contributed by atoms with E-state index in [-0.39, 0.29) is 5.54 Å². The van der Waals surface area contributed by atoms with Crippen molar-refractivity contribution in [2.45, 2.75) is 76.4 Å². The first-order valence-electron chi connectivity index (χ1n) is 8.80. The van der Waals surface area contributed by atoms with Crippen molar-refractivity contribution in [2.75, 3.05) is 6.54 Å². The molecule has 20 heavy (non-hydrogen) atoms. The second-order valence-corrected chi connectivity index (χ2v) is 7.75. The van der Waals surface area contributed by atoms with Gasteiger partial charge in [-0.05, 0) is 56.3 Å². The summed E-state index contributed by atoms with van der Waals surface area (Å²) in [4.78, 5) is 15.2. The van der Waals surface area contributed by atoms with E-state index in [0.29, 0.717) is 12.1 Å². The van der Waals surface area contributed by atoms with Crippen molar-refractivity contribution in [2.24, 2.45) is 17.8 Å². The maximum absolute atomic E-state index is 13.0. The number of hydrogen-bond acceptors (Lipinski definition) is 2. The molecule has 3 aliphatic carbocycles. The third-order valence-corrected chi connectivity index (χ3v) is 6.65. The smallest absolute Gasteiger partial charge is 0.244 e. The molecule has 3 nitrogen and oxygen atoms in total. The lowest BCUT2D eigenvalue weighted by atomic mass is 9.88. The van der Waals surface area contributed by atoms with Gasteiger partial charge in [0.25, 0.3) is 0 Å². The summed E-state index contributed by atoms with van der Waals surface area (Å²) in [6.45, 7) is 3.25. The molecule has 4 rings (SSSR count). The highest BCUT2D eigenvalue weighted by Crippen LogP contribution is 2.49. The molecule has 4 unspecified atom stereocenters. The van der Waals surface area contributed by atoms with E-state index in [9.17, 15) is 4.79 Å². The lowest BCUT2D eigenvalue weighted by molar-refractivity contribution is -0.134. The number of amides is 1. The van der Waals surface area contributed by atoms with Crippen LogP contribution in [0.15, 0.2) is 0 Å². The van der Waals surface area contributed by atoms with Gasteiger partial charge in [-0.25, -0.2) is 0 Å². The molecule has 3 saturated carbocycles. The Morgan fingerprint density at radius 1 is 1.25 bits per heavy atom. The predicted octanol–water partition coefficient (Wildman–Crippen LogP) is 2.90. The van der Waals surface area contributed by atoms with Crippen molar-refractivity contribution in [1.82, 2.24) is 10.2 Å². The van der Waals surface area contributed by atoms with Gasteiger partial charge in [-0.15, -0.1) is 0 Å². The fourth-order valence-electron chi connectivity index (χ4n) is 5.60. The van der Waals surface area contributed by atoms with Crippen molar-refractivity contribution in [1.29, 1.82) is 0 Å². The van der Waals surface area contributed by atoms with Crippen LogP contribution in [0.2, 0.25) is 0 Å². The number of nitrogens with one attached hydrogen (secondary N) is 1. The maximum Gasteiger partial charge on any atom is 0.244 e. The molecular formula is C17H28N2O. The number of rotatable bonds is 3. The number of carbonyl (C=O) groups excluding carboxylic acids is 1. The summed E-state index contributed by atoms with van der Waals surface area (Å²) >= 11 is 0. The van der Waals surface area contributed by atoms with Gasteiger partial charge in [-0.1, -0.05) is 26.2 Å². The largest absolute Gasteiger partial charge is 0.325 e. The molecule has 2 bridgehead atoms. The highest BCUT2D eigenvalue weighted by atomic mass is 16.2. The molecule has 1 spiro atoms. The van der Waals surface area contributed by atoms with E-state index >= 15 is 0 Å². The van der Waals surface area contributed by atoms with Gasteiger partial charge in [0.05, 0.1) is 11.7 Å². The summed E-state index contributed by atoms with van der Waals surface area (Å²) in [6, 6.07) is 0. The third-order valence-electron chi connectivity index (χ3n) is 6.65. The van der Waals surface area contributed by atoms with Gasteiger partial charge in [0, 0.05) is 6.54 Å². The van der Waals surface area contributed by atoms with Gasteiger partial charge < -0.3 is 4.90 Å². The van der Waals surface area contributed by atoms with Crippen LogP contribution in [0.5, 0.6) is 0 Å². The number of nitrogens with zero attached hydrogens (tertiary/aromatic N) is 1. The van der Waals surface area contributed by atoms with Crippen LogP contribution in [0.3, 0.4) is 0 Å². The molecule has 1 amide bonds. The third kappa shape index (κ3) is 1.85. The molecule has 4 fully saturated rings. The lowest BCUT2D eigenvalue weighted by Crippen LogP contribution is -2.44. The highest BCUT2D eigenvalue weighted by Gasteiger charge is 2.53. The van der Waals surface area contributed by atoms with Crippen LogP contribution < -0.4 is 5.32 Å². The molecule has 0 radical (unpaired) electrons. The van der Waals surface area contributed by atoms with Crippen molar-refractivity contribution in [3.63, 3.8) is 0 Å². The normalized spacial score (nSPS) is 42.2. The SMILES string of the molecule is CCC1NC2(CCCC2)C(=O)N1CC1CC2CCC1C2. The van der Waals surface area contributed by atoms with Crippen LogP contribution in [0.1, 0.15) is 64.7 Å². The van der Waals surface area contributed by atoms with Gasteiger partial charge >= 0.3 is 0 Å². The second-order valence-electron chi connectivity index (χ2n) is 7.75. The zero-order valence-electron chi connectivity index (χ0n) is 12.7. The lowest BCUT2D eigenvalue weighted by Gasteiger charge is -2.30. The van der Waals surface area contributed by atoms with Crippen LogP contribution in [0, 0.1) is 17.8 Å². The minimum Gasteiger partial charge on any atom is -0.325 e. The maximum atomic E-state index is 13.0.